The molecule has 6 nitrogen and oxygen atoms in total. The van der Waals surface area contributed by atoms with E-state index < -0.39 is 0 Å². The van der Waals surface area contributed by atoms with Crippen molar-refractivity contribution in [1.29, 1.82) is 0 Å². The molecule has 0 aliphatic carbocycles. The summed E-state index contributed by atoms with van der Waals surface area (Å²) in [5.41, 5.74) is 3.94. The second-order valence-electron chi connectivity index (χ2n) is 6.65. The normalized spacial score (nSPS) is 14.2. The highest BCUT2D eigenvalue weighted by Crippen LogP contribution is 2.24. The van der Waals surface area contributed by atoms with Crippen LogP contribution >= 0.6 is 0 Å². The van der Waals surface area contributed by atoms with Crippen molar-refractivity contribution in [3.63, 3.8) is 0 Å². The van der Waals surface area contributed by atoms with Crippen molar-refractivity contribution in [2.75, 3.05) is 5.32 Å². The topological polar surface area (TPSA) is 72.7 Å². The van der Waals surface area contributed by atoms with E-state index >= 15 is 0 Å². The summed E-state index contributed by atoms with van der Waals surface area (Å²) in [4.78, 5) is 26.5. The fourth-order valence-electron chi connectivity index (χ4n) is 3.31. The zero-order valence-electron chi connectivity index (χ0n) is 14.5. The van der Waals surface area contributed by atoms with Gasteiger partial charge in [-0.15, -0.1) is 0 Å². The van der Waals surface area contributed by atoms with E-state index in [1.54, 1.807) is 18.3 Å². The van der Waals surface area contributed by atoms with E-state index in [2.05, 4.69) is 19.9 Å². The predicted molar refractivity (Wildman–Crippen MR) is 96.7 cm³/mol. The van der Waals surface area contributed by atoms with Gasteiger partial charge in [0, 0.05) is 24.9 Å². The summed E-state index contributed by atoms with van der Waals surface area (Å²) < 4.78 is 2.18. The van der Waals surface area contributed by atoms with E-state index in [0.717, 1.165) is 48.5 Å². The molecule has 0 saturated heterocycles. The minimum atomic E-state index is -0.194. The third-order valence-electron chi connectivity index (χ3n) is 4.59. The number of amides is 1. The van der Waals surface area contributed by atoms with Crippen molar-refractivity contribution in [3.05, 3.63) is 47.0 Å². The van der Waals surface area contributed by atoms with Crippen LogP contribution in [0.4, 0.5) is 5.82 Å². The second-order valence-corrected chi connectivity index (χ2v) is 6.65. The van der Waals surface area contributed by atoms with Gasteiger partial charge in [-0.05, 0) is 44.4 Å². The highest BCUT2D eigenvalue weighted by atomic mass is 16.1. The molecule has 0 bridgehead atoms. The monoisotopic (exact) mass is 335 g/mol. The van der Waals surface area contributed by atoms with Crippen molar-refractivity contribution < 1.29 is 4.79 Å². The molecule has 0 fully saturated rings. The fraction of sp³-hybridized carbons (Fsp3) is 0.368. The molecule has 0 radical (unpaired) electrons. The van der Waals surface area contributed by atoms with Gasteiger partial charge in [-0.3, -0.25) is 4.79 Å². The number of anilines is 1. The summed E-state index contributed by atoms with van der Waals surface area (Å²) in [5, 5.41) is 2.87. The van der Waals surface area contributed by atoms with Crippen molar-refractivity contribution in [3.8, 4) is 0 Å². The van der Waals surface area contributed by atoms with Gasteiger partial charge >= 0.3 is 0 Å². The van der Waals surface area contributed by atoms with E-state index in [9.17, 15) is 4.79 Å². The minimum Gasteiger partial charge on any atom is -0.313 e. The lowest BCUT2D eigenvalue weighted by molar-refractivity contribution is 0.102. The highest BCUT2D eigenvalue weighted by molar-refractivity contribution is 6.10. The lowest BCUT2D eigenvalue weighted by Crippen LogP contribution is -2.14. The third-order valence-corrected chi connectivity index (χ3v) is 4.59. The van der Waals surface area contributed by atoms with Crippen LogP contribution in [0.2, 0.25) is 0 Å². The zero-order valence-corrected chi connectivity index (χ0v) is 14.5. The average molecular weight is 335 g/mol. The highest BCUT2D eigenvalue weighted by Gasteiger charge is 2.21. The maximum atomic E-state index is 12.8. The van der Waals surface area contributed by atoms with Gasteiger partial charge in [0.25, 0.3) is 5.91 Å². The number of aryl methyl sites for hydroxylation is 4. The zero-order chi connectivity index (χ0) is 17.4. The van der Waals surface area contributed by atoms with Crippen LogP contribution in [0.1, 0.15) is 46.7 Å². The Bertz CT molecular complexity index is 943. The van der Waals surface area contributed by atoms with Gasteiger partial charge < -0.3 is 9.88 Å². The molecule has 0 saturated carbocycles. The smallest absolute Gasteiger partial charge is 0.259 e. The number of nitrogens with one attached hydrogen (secondary N) is 1. The number of carbonyl (C=O) groups is 1. The van der Waals surface area contributed by atoms with Gasteiger partial charge in [0.1, 0.15) is 17.2 Å². The molecule has 1 N–H and O–H groups in total. The quantitative estimate of drug-likeness (QED) is 0.779. The maximum absolute atomic E-state index is 12.8. The number of imidazole rings is 1. The summed E-state index contributed by atoms with van der Waals surface area (Å²) in [5.74, 6) is 1.38. The molecule has 3 aromatic rings. The Balaban J connectivity index is 1.76. The molecule has 0 atom stereocenters. The van der Waals surface area contributed by atoms with Crippen LogP contribution in [-0.2, 0) is 13.0 Å². The molecule has 1 aliphatic heterocycles. The summed E-state index contributed by atoms with van der Waals surface area (Å²) in [6.45, 7) is 4.80. The molecule has 0 aromatic carbocycles. The lowest BCUT2D eigenvalue weighted by Gasteiger charge is -2.07. The molecule has 4 rings (SSSR count). The molecule has 1 amide bonds. The maximum Gasteiger partial charge on any atom is 0.259 e. The van der Waals surface area contributed by atoms with E-state index in [0.29, 0.717) is 16.9 Å². The summed E-state index contributed by atoms with van der Waals surface area (Å²) >= 11 is 0. The number of rotatable bonds is 2. The average Bonchev–Trinajstić information content (AvgIpc) is 2.78. The first-order valence-electron chi connectivity index (χ1n) is 8.72. The number of hydrogen-bond donors (Lipinski definition) is 1. The fourth-order valence-corrected chi connectivity index (χ4v) is 3.31. The van der Waals surface area contributed by atoms with Gasteiger partial charge in [0.15, 0.2) is 5.65 Å². The first-order chi connectivity index (χ1) is 12.1. The van der Waals surface area contributed by atoms with Crippen molar-refractivity contribution in [2.24, 2.45) is 0 Å². The van der Waals surface area contributed by atoms with Crippen molar-refractivity contribution in [1.82, 2.24) is 19.5 Å². The van der Waals surface area contributed by atoms with E-state index in [1.165, 1.54) is 6.42 Å². The lowest BCUT2D eigenvalue weighted by atomic mass is 10.2. The summed E-state index contributed by atoms with van der Waals surface area (Å²) in [6.07, 6.45) is 6.15. The first kappa shape index (κ1) is 15.7. The van der Waals surface area contributed by atoms with Crippen LogP contribution in [0.25, 0.3) is 11.2 Å². The number of aromatic nitrogens is 4. The Kier molecular flexibility index (Phi) is 3.95. The van der Waals surface area contributed by atoms with Crippen LogP contribution in [0.3, 0.4) is 0 Å². The molecule has 25 heavy (non-hydrogen) atoms. The van der Waals surface area contributed by atoms with Gasteiger partial charge in [0.05, 0.1) is 5.56 Å². The van der Waals surface area contributed by atoms with Crippen LogP contribution in [-0.4, -0.2) is 25.4 Å². The van der Waals surface area contributed by atoms with E-state index in [4.69, 9.17) is 4.98 Å². The molecular weight excluding hydrogens is 314 g/mol. The van der Waals surface area contributed by atoms with Crippen molar-refractivity contribution in [2.45, 2.75) is 46.1 Å². The Hall–Kier alpha value is -2.76. The molecule has 4 heterocycles. The van der Waals surface area contributed by atoms with Gasteiger partial charge in [0.2, 0.25) is 0 Å². The molecule has 0 unspecified atom stereocenters. The van der Waals surface area contributed by atoms with Crippen LogP contribution < -0.4 is 5.32 Å². The van der Waals surface area contributed by atoms with Crippen LogP contribution in [0.5, 0.6) is 0 Å². The number of pyridine rings is 2. The number of nitrogens with zero attached hydrogens (tertiary/aromatic N) is 4. The largest absolute Gasteiger partial charge is 0.313 e. The van der Waals surface area contributed by atoms with Crippen molar-refractivity contribution >= 4 is 22.9 Å². The molecule has 128 valence electrons. The van der Waals surface area contributed by atoms with Gasteiger partial charge in [-0.2, -0.15) is 0 Å². The van der Waals surface area contributed by atoms with Crippen LogP contribution in [0, 0.1) is 13.8 Å². The molecule has 1 aliphatic rings. The number of carbonyl (C=O) groups excluding carboxylic acids is 1. The Morgan fingerprint density at radius 1 is 1.16 bits per heavy atom. The SMILES string of the molecule is Cc1ccc(NC(=O)c2cc(C)nc3c2nc2n3CCCCC2)nc1. The Labute approximate surface area is 146 Å². The predicted octanol–water partition coefficient (Wildman–Crippen LogP) is 3.42. The number of fused-ring (bicyclic) bond motifs is 3. The molecule has 0 spiro atoms. The minimum absolute atomic E-state index is 0.194. The van der Waals surface area contributed by atoms with E-state index in [-0.39, 0.29) is 5.91 Å². The second kappa shape index (κ2) is 6.27. The van der Waals surface area contributed by atoms with Gasteiger partial charge in [-0.25, -0.2) is 15.0 Å². The summed E-state index contributed by atoms with van der Waals surface area (Å²) in [6, 6.07) is 5.54. The Morgan fingerprint density at radius 3 is 2.84 bits per heavy atom. The standard InChI is InChI=1S/C19H21N5O/c1-12-7-8-15(20-11-12)22-19(25)14-10-13(2)21-18-17(14)23-16-6-4-3-5-9-24(16)18/h7-8,10-11H,3-6,9H2,1-2H3,(H,20,22,25). The third kappa shape index (κ3) is 2.99. The Morgan fingerprint density at radius 2 is 2.04 bits per heavy atom. The van der Waals surface area contributed by atoms with Crippen LogP contribution in [0.15, 0.2) is 24.4 Å². The van der Waals surface area contributed by atoms with Gasteiger partial charge in [-0.1, -0.05) is 12.5 Å². The summed E-state index contributed by atoms with van der Waals surface area (Å²) in [7, 11) is 0. The molecular formula is C19H21N5O. The number of hydrogen-bond acceptors (Lipinski definition) is 4. The molecule has 3 aromatic heterocycles. The first-order valence-corrected chi connectivity index (χ1v) is 8.72. The van der Waals surface area contributed by atoms with E-state index in [1.807, 2.05) is 19.9 Å². The molecule has 6 heteroatoms.